The molecule has 2 aromatic rings. The fraction of sp³-hybridized carbons (Fsp3) is 0.375. The van der Waals surface area contributed by atoms with E-state index in [9.17, 15) is 4.79 Å². The van der Waals surface area contributed by atoms with Crippen LogP contribution in [0.1, 0.15) is 18.9 Å². The summed E-state index contributed by atoms with van der Waals surface area (Å²) < 4.78 is 2.50. The van der Waals surface area contributed by atoms with Gasteiger partial charge in [0.05, 0.1) is 6.20 Å². The summed E-state index contributed by atoms with van der Waals surface area (Å²) in [5.41, 5.74) is 5.45. The van der Waals surface area contributed by atoms with Crippen LogP contribution in [0.3, 0.4) is 0 Å². The molecule has 0 saturated heterocycles. The topological polar surface area (TPSA) is 89.6 Å². The van der Waals surface area contributed by atoms with Crippen LogP contribution < -0.4 is 11.4 Å². The standard InChI is InChI=1S/C8H9N5OS2/c9-5-3-10-8(15-5)16-7-12-11-6(14)13(7)4-1-2-4/h3-4H,1-2,9H2,(H,11,14). The molecule has 84 valence electrons. The molecule has 0 spiro atoms. The van der Waals surface area contributed by atoms with Crippen molar-refractivity contribution in [3.8, 4) is 0 Å². The molecule has 0 radical (unpaired) electrons. The number of nitrogen functional groups attached to an aromatic ring is 1. The Hall–Kier alpha value is -1.28. The smallest absolute Gasteiger partial charge is 0.344 e. The third-order valence-corrected chi connectivity index (χ3v) is 4.14. The van der Waals surface area contributed by atoms with Crippen LogP contribution in [0.15, 0.2) is 20.5 Å². The number of hydrogen-bond donors (Lipinski definition) is 2. The number of anilines is 1. The zero-order valence-electron chi connectivity index (χ0n) is 8.21. The van der Waals surface area contributed by atoms with E-state index in [0.717, 1.165) is 17.2 Å². The second-order valence-electron chi connectivity index (χ2n) is 3.54. The van der Waals surface area contributed by atoms with Gasteiger partial charge in [-0.25, -0.2) is 14.9 Å². The Balaban J connectivity index is 1.92. The van der Waals surface area contributed by atoms with Gasteiger partial charge in [0.25, 0.3) is 0 Å². The molecule has 1 fully saturated rings. The van der Waals surface area contributed by atoms with Crippen LogP contribution in [-0.4, -0.2) is 19.7 Å². The van der Waals surface area contributed by atoms with Gasteiger partial charge in [0, 0.05) is 6.04 Å². The SMILES string of the molecule is Nc1cnc(Sc2n[nH]c(=O)n2C2CC2)s1. The maximum Gasteiger partial charge on any atom is 0.344 e. The molecule has 1 aliphatic rings. The Labute approximate surface area is 98.9 Å². The van der Waals surface area contributed by atoms with Gasteiger partial charge in [0.1, 0.15) is 5.00 Å². The highest BCUT2D eigenvalue weighted by Gasteiger charge is 2.29. The average Bonchev–Trinajstić information content (AvgIpc) is 2.91. The van der Waals surface area contributed by atoms with E-state index in [2.05, 4.69) is 15.2 Å². The van der Waals surface area contributed by atoms with Crippen molar-refractivity contribution in [2.75, 3.05) is 5.73 Å². The van der Waals surface area contributed by atoms with Crippen LogP contribution in [0, 0.1) is 0 Å². The largest absolute Gasteiger partial charge is 0.389 e. The van der Waals surface area contributed by atoms with Crippen LogP contribution in [0.4, 0.5) is 5.00 Å². The van der Waals surface area contributed by atoms with Gasteiger partial charge in [0.2, 0.25) is 0 Å². The zero-order valence-corrected chi connectivity index (χ0v) is 9.85. The number of H-pyrrole nitrogens is 1. The molecular formula is C8H9N5OS2. The summed E-state index contributed by atoms with van der Waals surface area (Å²) in [5, 5.41) is 7.80. The molecule has 2 aromatic heterocycles. The lowest BCUT2D eigenvalue weighted by Crippen LogP contribution is -2.15. The molecule has 2 heterocycles. The van der Waals surface area contributed by atoms with Gasteiger partial charge >= 0.3 is 5.69 Å². The summed E-state index contributed by atoms with van der Waals surface area (Å²) in [6.45, 7) is 0. The van der Waals surface area contributed by atoms with Crippen LogP contribution in [0.2, 0.25) is 0 Å². The van der Waals surface area contributed by atoms with Crippen LogP contribution in [-0.2, 0) is 0 Å². The molecule has 6 nitrogen and oxygen atoms in total. The lowest BCUT2D eigenvalue weighted by atomic mass is 10.7. The van der Waals surface area contributed by atoms with Gasteiger partial charge in [-0.3, -0.25) is 4.57 Å². The average molecular weight is 255 g/mol. The molecule has 0 bridgehead atoms. The highest BCUT2D eigenvalue weighted by Crippen LogP contribution is 2.38. The van der Waals surface area contributed by atoms with Gasteiger partial charge in [-0.2, -0.15) is 0 Å². The molecule has 0 aromatic carbocycles. The molecule has 1 aliphatic carbocycles. The number of hydrogen-bond acceptors (Lipinski definition) is 6. The highest BCUT2D eigenvalue weighted by molar-refractivity contribution is 8.00. The minimum Gasteiger partial charge on any atom is -0.389 e. The van der Waals surface area contributed by atoms with E-state index < -0.39 is 0 Å². The first-order valence-corrected chi connectivity index (χ1v) is 6.43. The summed E-state index contributed by atoms with van der Waals surface area (Å²) in [6.07, 6.45) is 3.71. The summed E-state index contributed by atoms with van der Waals surface area (Å²) in [6, 6.07) is 0.311. The maximum absolute atomic E-state index is 11.5. The fourth-order valence-corrected chi connectivity index (χ4v) is 3.19. The van der Waals surface area contributed by atoms with Crippen LogP contribution in [0.5, 0.6) is 0 Å². The first-order valence-electron chi connectivity index (χ1n) is 4.80. The molecule has 16 heavy (non-hydrogen) atoms. The summed E-state index contributed by atoms with van der Waals surface area (Å²) >= 11 is 2.77. The summed E-state index contributed by atoms with van der Waals surface area (Å²) in [7, 11) is 0. The van der Waals surface area contributed by atoms with Gasteiger partial charge in [-0.05, 0) is 24.6 Å². The number of thiazole rings is 1. The lowest BCUT2D eigenvalue weighted by Gasteiger charge is -1.99. The van der Waals surface area contributed by atoms with Crippen molar-refractivity contribution < 1.29 is 0 Å². The molecule has 0 atom stereocenters. The third kappa shape index (κ3) is 1.74. The molecule has 0 amide bonds. The minimum absolute atomic E-state index is 0.144. The van der Waals surface area contributed by atoms with Crippen molar-refractivity contribution >= 4 is 28.1 Å². The molecular weight excluding hydrogens is 246 g/mol. The van der Waals surface area contributed by atoms with Gasteiger partial charge in [-0.1, -0.05) is 11.3 Å². The number of aromatic amines is 1. The van der Waals surface area contributed by atoms with Gasteiger partial charge in [-0.15, -0.1) is 5.10 Å². The molecule has 8 heteroatoms. The van der Waals surface area contributed by atoms with E-state index in [1.807, 2.05) is 0 Å². The predicted molar refractivity (Wildman–Crippen MR) is 61.8 cm³/mol. The summed E-state index contributed by atoms with van der Waals surface area (Å²) in [5.74, 6) is 0. The third-order valence-electron chi connectivity index (χ3n) is 2.27. The Bertz CT molecular complexity index is 567. The fourth-order valence-electron chi connectivity index (χ4n) is 1.41. The van der Waals surface area contributed by atoms with Crippen molar-refractivity contribution in [3.05, 3.63) is 16.7 Å². The van der Waals surface area contributed by atoms with Crippen molar-refractivity contribution in [2.24, 2.45) is 0 Å². The predicted octanol–water partition coefficient (Wildman–Crippen LogP) is 1.10. The molecule has 1 saturated carbocycles. The van der Waals surface area contributed by atoms with Crippen molar-refractivity contribution in [1.82, 2.24) is 19.7 Å². The van der Waals surface area contributed by atoms with Crippen molar-refractivity contribution in [2.45, 2.75) is 28.4 Å². The van der Waals surface area contributed by atoms with E-state index in [0.29, 0.717) is 16.2 Å². The second kappa shape index (κ2) is 3.63. The van der Waals surface area contributed by atoms with Gasteiger partial charge < -0.3 is 5.73 Å². The Morgan fingerprint density at radius 1 is 1.62 bits per heavy atom. The molecule has 3 N–H and O–H groups in total. The van der Waals surface area contributed by atoms with Crippen molar-refractivity contribution in [1.29, 1.82) is 0 Å². The normalized spacial score (nSPS) is 15.5. The van der Waals surface area contributed by atoms with E-state index in [-0.39, 0.29) is 5.69 Å². The summed E-state index contributed by atoms with van der Waals surface area (Å²) in [4.78, 5) is 15.6. The monoisotopic (exact) mass is 255 g/mol. The number of nitrogens with zero attached hydrogens (tertiary/aromatic N) is 3. The van der Waals surface area contributed by atoms with E-state index in [4.69, 9.17) is 5.73 Å². The number of nitrogens with one attached hydrogen (secondary N) is 1. The Morgan fingerprint density at radius 3 is 3.06 bits per heavy atom. The first-order chi connectivity index (χ1) is 7.74. The second-order valence-corrected chi connectivity index (χ2v) is 5.82. The van der Waals surface area contributed by atoms with Crippen LogP contribution >= 0.6 is 23.1 Å². The number of nitrogens with two attached hydrogens (primary N) is 1. The van der Waals surface area contributed by atoms with Crippen LogP contribution in [0.25, 0.3) is 0 Å². The van der Waals surface area contributed by atoms with Crippen molar-refractivity contribution in [3.63, 3.8) is 0 Å². The molecule has 0 unspecified atom stereocenters. The van der Waals surface area contributed by atoms with E-state index >= 15 is 0 Å². The highest BCUT2D eigenvalue weighted by atomic mass is 32.2. The first kappa shape index (κ1) is 9.91. The number of aromatic nitrogens is 4. The van der Waals surface area contributed by atoms with Gasteiger partial charge in [0.15, 0.2) is 9.50 Å². The Morgan fingerprint density at radius 2 is 2.44 bits per heavy atom. The lowest BCUT2D eigenvalue weighted by molar-refractivity contribution is 0.642. The molecule has 0 aliphatic heterocycles. The minimum atomic E-state index is -0.144. The zero-order chi connectivity index (χ0) is 11.1. The molecule has 3 rings (SSSR count). The quantitative estimate of drug-likeness (QED) is 0.857. The van der Waals surface area contributed by atoms with E-state index in [1.165, 1.54) is 23.1 Å². The Kier molecular flexibility index (Phi) is 2.25. The maximum atomic E-state index is 11.5. The van der Waals surface area contributed by atoms with E-state index in [1.54, 1.807) is 10.8 Å². The number of rotatable bonds is 3.